The molecule has 0 amide bonds. The van der Waals surface area contributed by atoms with E-state index in [1.54, 1.807) is 39.8 Å². The van der Waals surface area contributed by atoms with E-state index in [1.807, 2.05) is 0 Å². The van der Waals surface area contributed by atoms with E-state index in [0.717, 1.165) is 0 Å². The van der Waals surface area contributed by atoms with Gasteiger partial charge < -0.3 is 28.3 Å². The average molecular weight is 452 g/mol. The van der Waals surface area contributed by atoms with Crippen LogP contribution in [0.15, 0.2) is 12.1 Å². The molecule has 0 heterocycles. The lowest BCUT2D eigenvalue weighted by molar-refractivity contribution is 0.219. The van der Waals surface area contributed by atoms with Crippen molar-refractivity contribution in [3.05, 3.63) is 28.8 Å². The number of phenols is 1. The summed E-state index contributed by atoms with van der Waals surface area (Å²) in [6.07, 6.45) is 0.705. The van der Waals surface area contributed by atoms with E-state index in [0.29, 0.717) is 16.7 Å². The van der Waals surface area contributed by atoms with Gasteiger partial charge in [-0.1, -0.05) is 0 Å². The predicted octanol–water partition coefficient (Wildman–Crippen LogP) is 4.50. The van der Waals surface area contributed by atoms with Crippen LogP contribution in [0.25, 0.3) is 0 Å². The summed E-state index contributed by atoms with van der Waals surface area (Å²) in [5.41, 5.74) is 1.64. The van der Waals surface area contributed by atoms with Crippen molar-refractivity contribution in [2.45, 2.75) is 47.1 Å². The molecular weight excluding hydrogens is 418 g/mol. The second kappa shape index (κ2) is 12.9. The molecule has 0 aliphatic carbocycles. The lowest BCUT2D eigenvalue weighted by atomic mass is 10.0. The van der Waals surface area contributed by atoms with Crippen molar-refractivity contribution in [3.63, 3.8) is 0 Å². The van der Waals surface area contributed by atoms with Crippen LogP contribution in [-0.2, 0) is 46.7 Å². The molecule has 1 rings (SSSR count). The van der Waals surface area contributed by atoms with Gasteiger partial charge in [-0.2, -0.15) is 0 Å². The topological polar surface area (TPSA) is 112 Å². The number of aliphatic hydroxyl groups excluding tert-OH is 1. The fourth-order valence-corrected chi connectivity index (χ4v) is 6.21. The van der Waals surface area contributed by atoms with Crippen LogP contribution in [0, 0.1) is 0 Å². The first-order valence-electron chi connectivity index (χ1n) is 9.97. The maximum absolute atomic E-state index is 12.7. The van der Waals surface area contributed by atoms with Crippen molar-refractivity contribution in [1.29, 1.82) is 0 Å². The highest BCUT2D eigenvalue weighted by molar-refractivity contribution is 7.54. The number of benzene rings is 1. The molecule has 0 atom stereocenters. The highest BCUT2D eigenvalue weighted by Gasteiger charge is 2.26. The van der Waals surface area contributed by atoms with E-state index in [1.165, 1.54) is 0 Å². The van der Waals surface area contributed by atoms with Crippen LogP contribution in [-0.4, -0.2) is 49.0 Å². The van der Waals surface area contributed by atoms with Crippen molar-refractivity contribution >= 4 is 15.2 Å². The molecule has 0 radical (unpaired) electrons. The maximum atomic E-state index is 12.7. The van der Waals surface area contributed by atoms with Crippen LogP contribution in [0.5, 0.6) is 5.75 Å². The van der Waals surface area contributed by atoms with E-state index < -0.39 is 15.2 Å². The average Bonchev–Trinajstić information content (AvgIpc) is 2.67. The highest BCUT2D eigenvalue weighted by atomic mass is 31.2. The molecular formula is C19H34O8P2. The van der Waals surface area contributed by atoms with Gasteiger partial charge in [0.15, 0.2) is 0 Å². The summed E-state index contributed by atoms with van der Waals surface area (Å²) in [4.78, 5) is 0. The number of rotatable bonds is 15. The Kier molecular flexibility index (Phi) is 11.7. The summed E-state index contributed by atoms with van der Waals surface area (Å²) in [6.45, 7) is 7.77. The van der Waals surface area contributed by atoms with Crippen LogP contribution in [0.3, 0.4) is 0 Å². The van der Waals surface area contributed by atoms with Crippen molar-refractivity contribution < 1.29 is 37.4 Å². The summed E-state index contributed by atoms with van der Waals surface area (Å²) >= 11 is 0. The maximum Gasteiger partial charge on any atom is 0.330 e. The molecule has 0 saturated heterocycles. The number of hydrogen-bond donors (Lipinski definition) is 2. The van der Waals surface area contributed by atoms with Crippen LogP contribution in [0.1, 0.15) is 44.4 Å². The minimum Gasteiger partial charge on any atom is -0.507 e. The van der Waals surface area contributed by atoms with Gasteiger partial charge in [0, 0.05) is 0 Å². The molecule has 0 bridgehead atoms. The smallest absolute Gasteiger partial charge is 0.330 e. The molecule has 1 aromatic carbocycles. The minimum absolute atomic E-state index is 0.0151. The van der Waals surface area contributed by atoms with Gasteiger partial charge in [0.2, 0.25) is 0 Å². The number of aliphatic hydroxyl groups is 1. The molecule has 10 heteroatoms. The Hall–Kier alpha value is -0.720. The Morgan fingerprint density at radius 2 is 1.10 bits per heavy atom. The Labute approximate surface area is 173 Å². The first-order valence-corrected chi connectivity index (χ1v) is 13.4. The van der Waals surface area contributed by atoms with Gasteiger partial charge in [0.25, 0.3) is 0 Å². The van der Waals surface area contributed by atoms with Gasteiger partial charge in [0.1, 0.15) is 5.75 Å². The van der Waals surface area contributed by atoms with Crippen molar-refractivity contribution in [3.8, 4) is 5.75 Å². The molecule has 0 aliphatic rings. The quantitative estimate of drug-likeness (QED) is 0.374. The Morgan fingerprint density at radius 1 is 0.759 bits per heavy atom. The van der Waals surface area contributed by atoms with E-state index in [2.05, 4.69) is 0 Å². The molecule has 1 aromatic rings. The zero-order valence-corrected chi connectivity index (χ0v) is 19.5. The van der Waals surface area contributed by atoms with Gasteiger partial charge in [-0.25, -0.2) is 0 Å². The van der Waals surface area contributed by atoms with E-state index >= 15 is 0 Å². The number of hydrogen-bond acceptors (Lipinski definition) is 8. The summed E-state index contributed by atoms with van der Waals surface area (Å²) in [5, 5.41) is 20.3. The summed E-state index contributed by atoms with van der Waals surface area (Å²) < 4.78 is 46.6. The lowest BCUT2D eigenvalue weighted by Crippen LogP contribution is -2.06. The van der Waals surface area contributed by atoms with Gasteiger partial charge >= 0.3 is 15.2 Å². The molecule has 168 valence electrons. The van der Waals surface area contributed by atoms with Gasteiger partial charge in [-0.3, -0.25) is 9.13 Å². The second-order valence-corrected chi connectivity index (χ2v) is 10.6. The Balaban J connectivity index is 3.04. The van der Waals surface area contributed by atoms with Crippen LogP contribution in [0.4, 0.5) is 0 Å². The normalized spacial score (nSPS) is 12.4. The van der Waals surface area contributed by atoms with Gasteiger partial charge in [-0.15, -0.1) is 0 Å². The van der Waals surface area contributed by atoms with Crippen molar-refractivity contribution in [2.24, 2.45) is 0 Å². The van der Waals surface area contributed by atoms with E-state index in [4.69, 9.17) is 18.1 Å². The van der Waals surface area contributed by atoms with Crippen LogP contribution >= 0.6 is 15.2 Å². The van der Waals surface area contributed by atoms with Crippen LogP contribution in [0.2, 0.25) is 0 Å². The molecule has 0 saturated carbocycles. The van der Waals surface area contributed by atoms with E-state index in [9.17, 15) is 19.3 Å². The van der Waals surface area contributed by atoms with E-state index in [-0.39, 0.29) is 63.9 Å². The third kappa shape index (κ3) is 8.50. The molecule has 29 heavy (non-hydrogen) atoms. The van der Waals surface area contributed by atoms with Crippen LogP contribution < -0.4 is 0 Å². The minimum atomic E-state index is -3.26. The zero-order valence-electron chi connectivity index (χ0n) is 17.8. The van der Waals surface area contributed by atoms with Gasteiger partial charge in [-0.05, 0) is 69.4 Å². The molecule has 2 N–H and O–H groups in total. The molecule has 0 fully saturated rings. The van der Waals surface area contributed by atoms with Crippen molar-refractivity contribution in [2.75, 3.05) is 38.8 Å². The Morgan fingerprint density at radius 3 is 1.38 bits per heavy atom. The fourth-order valence-electron chi connectivity index (χ4n) is 2.94. The zero-order chi connectivity index (χ0) is 21.9. The third-order valence-electron chi connectivity index (χ3n) is 4.12. The number of aromatic hydroxyl groups is 1. The fraction of sp³-hybridized carbons (Fsp3) is 0.684. The monoisotopic (exact) mass is 452 g/mol. The standard InChI is InChI=1S/C19H34O8P2/c1-5-24-28(22,25-6-2)11-9-17-13-16(15-20)14-18(19(17)21)10-12-29(23,26-7-3)27-8-4/h13-14,20-21H,5-12,15H2,1-4H3. The first-order chi connectivity index (χ1) is 13.8. The number of phenolic OH excluding ortho intramolecular Hbond substituents is 1. The largest absolute Gasteiger partial charge is 0.507 e. The summed E-state index contributed by atoms with van der Waals surface area (Å²) in [5.74, 6) is 0.0151. The first kappa shape index (κ1) is 26.3. The summed E-state index contributed by atoms with van der Waals surface area (Å²) in [7, 11) is -6.52. The third-order valence-corrected chi connectivity index (χ3v) is 8.27. The molecule has 0 unspecified atom stereocenters. The second-order valence-electron chi connectivity index (χ2n) is 6.26. The van der Waals surface area contributed by atoms with Gasteiger partial charge in [0.05, 0.1) is 45.4 Å². The number of aryl methyl sites for hydroxylation is 2. The molecule has 0 aliphatic heterocycles. The predicted molar refractivity (Wildman–Crippen MR) is 113 cm³/mol. The highest BCUT2D eigenvalue weighted by Crippen LogP contribution is 2.50. The Bertz CT molecular complexity index is 647. The molecule has 0 aromatic heterocycles. The summed E-state index contributed by atoms with van der Waals surface area (Å²) in [6, 6.07) is 3.32. The van der Waals surface area contributed by atoms with Crippen molar-refractivity contribution in [1.82, 2.24) is 0 Å². The SMILES string of the molecule is CCOP(=O)(CCc1cc(CO)cc(CCP(=O)(OCC)OCC)c1O)OCC. The lowest BCUT2D eigenvalue weighted by Gasteiger charge is -2.19. The molecule has 8 nitrogen and oxygen atoms in total. The molecule has 0 spiro atoms.